The zero-order chi connectivity index (χ0) is 11.9. The minimum absolute atomic E-state index is 0.0195. The van der Waals surface area contributed by atoms with Gasteiger partial charge in [-0.15, -0.1) is 11.3 Å². The molecule has 0 radical (unpaired) electrons. The van der Waals surface area contributed by atoms with Gasteiger partial charge in [-0.25, -0.2) is 4.98 Å². The fourth-order valence-electron chi connectivity index (χ4n) is 2.05. The highest BCUT2D eigenvalue weighted by Crippen LogP contribution is 2.09. The maximum Gasteiger partial charge on any atom is 0.237 e. The maximum atomic E-state index is 12.0. The van der Waals surface area contributed by atoms with E-state index in [0.29, 0.717) is 6.54 Å². The van der Waals surface area contributed by atoms with E-state index in [1.807, 2.05) is 5.38 Å². The van der Waals surface area contributed by atoms with Crippen LogP contribution in [0.15, 0.2) is 10.9 Å². The molecule has 1 saturated heterocycles. The Morgan fingerprint density at radius 2 is 2.35 bits per heavy atom. The maximum absolute atomic E-state index is 12.0. The number of carbonyl (C=O) groups excluding carboxylic acids is 1. The van der Waals surface area contributed by atoms with Gasteiger partial charge >= 0.3 is 0 Å². The van der Waals surface area contributed by atoms with Gasteiger partial charge in [0.05, 0.1) is 23.8 Å². The molecule has 1 unspecified atom stereocenters. The van der Waals surface area contributed by atoms with E-state index in [4.69, 9.17) is 0 Å². The fourth-order valence-corrected chi connectivity index (χ4v) is 2.61. The van der Waals surface area contributed by atoms with E-state index in [1.54, 1.807) is 16.8 Å². The summed E-state index contributed by atoms with van der Waals surface area (Å²) in [6, 6.07) is -0.0195. The fraction of sp³-hybridized carbons (Fsp3) is 0.667. The second-order valence-electron chi connectivity index (χ2n) is 4.41. The van der Waals surface area contributed by atoms with Crippen LogP contribution in [0.4, 0.5) is 0 Å². The molecule has 94 valence electrons. The van der Waals surface area contributed by atoms with Gasteiger partial charge in [-0.05, 0) is 19.4 Å². The summed E-state index contributed by atoms with van der Waals surface area (Å²) in [5.74, 6) is 0.111. The number of nitrogens with one attached hydrogen (secondary N) is 2. The molecule has 1 aromatic heterocycles. The molecule has 0 aliphatic carbocycles. The highest BCUT2D eigenvalue weighted by molar-refractivity contribution is 7.07. The number of amides is 1. The normalized spacial score (nSPS) is 21.5. The van der Waals surface area contributed by atoms with Crippen LogP contribution in [0.1, 0.15) is 37.8 Å². The zero-order valence-electron chi connectivity index (χ0n) is 9.95. The van der Waals surface area contributed by atoms with Gasteiger partial charge in [-0.2, -0.15) is 0 Å². The van der Waals surface area contributed by atoms with Crippen LogP contribution < -0.4 is 10.6 Å². The summed E-state index contributed by atoms with van der Waals surface area (Å²) in [4.78, 5) is 16.1. The molecule has 1 aliphatic rings. The van der Waals surface area contributed by atoms with Gasteiger partial charge in [0.25, 0.3) is 0 Å². The Balaban J connectivity index is 1.77. The SMILES string of the molecule is O=C(NCc1cscn1)C1CCCCCCN1. The molecule has 17 heavy (non-hydrogen) atoms. The Morgan fingerprint density at radius 1 is 1.47 bits per heavy atom. The molecular formula is C12H19N3OS. The van der Waals surface area contributed by atoms with E-state index in [-0.39, 0.29) is 11.9 Å². The van der Waals surface area contributed by atoms with Crippen molar-refractivity contribution in [2.24, 2.45) is 0 Å². The number of thiazole rings is 1. The molecule has 2 rings (SSSR count). The first-order valence-corrected chi connectivity index (χ1v) is 7.19. The number of hydrogen-bond donors (Lipinski definition) is 2. The lowest BCUT2D eigenvalue weighted by atomic mass is 10.0. The second kappa shape index (κ2) is 6.71. The van der Waals surface area contributed by atoms with Crippen LogP contribution in [0, 0.1) is 0 Å². The monoisotopic (exact) mass is 253 g/mol. The molecule has 1 atom stereocenters. The third-order valence-electron chi connectivity index (χ3n) is 3.05. The molecule has 2 heterocycles. The molecule has 1 amide bonds. The van der Waals surface area contributed by atoms with Crippen LogP contribution >= 0.6 is 11.3 Å². The van der Waals surface area contributed by atoms with E-state index < -0.39 is 0 Å². The van der Waals surface area contributed by atoms with E-state index in [1.165, 1.54) is 19.3 Å². The lowest BCUT2D eigenvalue weighted by Gasteiger charge is -2.20. The van der Waals surface area contributed by atoms with Crippen LogP contribution in [0.25, 0.3) is 0 Å². The summed E-state index contributed by atoms with van der Waals surface area (Å²) in [5.41, 5.74) is 2.73. The number of rotatable bonds is 3. The van der Waals surface area contributed by atoms with Crippen molar-refractivity contribution in [3.63, 3.8) is 0 Å². The number of nitrogens with zero attached hydrogens (tertiary/aromatic N) is 1. The van der Waals surface area contributed by atoms with Crippen molar-refractivity contribution in [2.45, 2.75) is 44.7 Å². The topological polar surface area (TPSA) is 54.0 Å². The molecule has 0 aromatic carbocycles. The molecule has 1 fully saturated rings. The lowest BCUT2D eigenvalue weighted by molar-refractivity contribution is -0.123. The first-order valence-electron chi connectivity index (χ1n) is 6.24. The molecule has 1 aliphatic heterocycles. The largest absolute Gasteiger partial charge is 0.349 e. The van der Waals surface area contributed by atoms with Gasteiger partial charge in [0.2, 0.25) is 5.91 Å². The first-order chi connectivity index (χ1) is 8.36. The summed E-state index contributed by atoms with van der Waals surface area (Å²) >= 11 is 1.55. The summed E-state index contributed by atoms with van der Waals surface area (Å²) < 4.78 is 0. The van der Waals surface area contributed by atoms with Gasteiger partial charge in [0, 0.05) is 5.38 Å². The summed E-state index contributed by atoms with van der Waals surface area (Å²) in [5, 5.41) is 8.23. The standard InChI is InChI=1S/C12H19N3OS/c16-12(14-7-10-8-17-9-15-10)11-5-3-1-2-4-6-13-11/h8-9,11,13H,1-7H2,(H,14,16). The highest BCUT2D eigenvalue weighted by atomic mass is 32.1. The quantitative estimate of drug-likeness (QED) is 0.862. The van der Waals surface area contributed by atoms with Gasteiger partial charge < -0.3 is 10.6 Å². The second-order valence-corrected chi connectivity index (χ2v) is 5.13. The van der Waals surface area contributed by atoms with Crippen LogP contribution in [-0.4, -0.2) is 23.5 Å². The first kappa shape index (κ1) is 12.5. The van der Waals surface area contributed by atoms with Crippen LogP contribution in [-0.2, 0) is 11.3 Å². The molecule has 4 nitrogen and oxygen atoms in total. The molecule has 0 saturated carbocycles. The predicted molar refractivity (Wildman–Crippen MR) is 68.8 cm³/mol. The van der Waals surface area contributed by atoms with Crippen molar-refractivity contribution in [3.8, 4) is 0 Å². The Hall–Kier alpha value is -0.940. The van der Waals surface area contributed by atoms with Crippen LogP contribution in [0.5, 0.6) is 0 Å². The average Bonchev–Trinajstić information content (AvgIpc) is 2.78. The number of carbonyl (C=O) groups is 1. The molecule has 0 bridgehead atoms. The van der Waals surface area contributed by atoms with Crippen LogP contribution in [0.2, 0.25) is 0 Å². The minimum Gasteiger partial charge on any atom is -0.349 e. The van der Waals surface area contributed by atoms with Crippen molar-refractivity contribution < 1.29 is 4.79 Å². The number of aromatic nitrogens is 1. The van der Waals surface area contributed by atoms with Crippen molar-refractivity contribution in [3.05, 3.63) is 16.6 Å². The summed E-state index contributed by atoms with van der Waals surface area (Å²) in [7, 11) is 0. The molecule has 2 N–H and O–H groups in total. The molecular weight excluding hydrogens is 234 g/mol. The smallest absolute Gasteiger partial charge is 0.237 e. The van der Waals surface area contributed by atoms with E-state index in [9.17, 15) is 4.79 Å². The molecule has 0 spiro atoms. The average molecular weight is 253 g/mol. The Labute approximate surface area is 106 Å². The van der Waals surface area contributed by atoms with Crippen molar-refractivity contribution >= 4 is 17.2 Å². The Kier molecular flexibility index (Phi) is 4.94. The minimum atomic E-state index is -0.0195. The van der Waals surface area contributed by atoms with Crippen molar-refractivity contribution in [1.29, 1.82) is 0 Å². The van der Waals surface area contributed by atoms with Gasteiger partial charge in [-0.1, -0.05) is 19.3 Å². The predicted octanol–water partition coefficient (Wildman–Crippen LogP) is 1.68. The third-order valence-corrected chi connectivity index (χ3v) is 3.69. The molecule has 5 heteroatoms. The Morgan fingerprint density at radius 3 is 3.18 bits per heavy atom. The van der Waals surface area contributed by atoms with E-state index >= 15 is 0 Å². The summed E-state index contributed by atoms with van der Waals surface area (Å²) in [6.07, 6.45) is 5.79. The van der Waals surface area contributed by atoms with Crippen LogP contribution in [0.3, 0.4) is 0 Å². The Bertz CT molecular complexity index is 332. The lowest BCUT2D eigenvalue weighted by Crippen LogP contribution is -2.44. The van der Waals surface area contributed by atoms with Gasteiger partial charge in [-0.3, -0.25) is 4.79 Å². The summed E-state index contributed by atoms with van der Waals surface area (Å²) in [6.45, 7) is 1.50. The van der Waals surface area contributed by atoms with Crippen molar-refractivity contribution in [1.82, 2.24) is 15.6 Å². The highest BCUT2D eigenvalue weighted by Gasteiger charge is 2.18. The van der Waals surface area contributed by atoms with E-state index in [0.717, 1.165) is 25.1 Å². The molecule has 1 aromatic rings. The zero-order valence-corrected chi connectivity index (χ0v) is 10.8. The van der Waals surface area contributed by atoms with Gasteiger partial charge in [0.1, 0.15) is 0 Å². The third kappa shape index (κ3) is 4.09. The number of hydrogen-bond acceptors (Lipinski definition) is 4. The van der Waals surface area contributed by atoms with E-state index in [2.05, 4.69) is 15.6 Å². The van der Waals surface area contributed by atoms with Gasteiger partial charge in [0.15, 0.2) is 0 Å². The van der Waals surface area contributed by atoms with Crippen molar-refractivity contribution in [2.75, 3.05) is 6.54 Å².